The van der Waals surface area contributed by atoms with E-state index in [9.17, 15) is 4.79 Å². The monoisotopic (exact) mass is 220 g/mol. The lowest BCUT2D eigenvalue weighted by atomic mass is 9.85. The van der Waals surface area contributed by atoms with Crippen LogP contribution < -0.4 is 0 Å². The fourth-order valence-corrected chi connectivity index (χ4v) is 2.00. The molecule has 0 bridgehead atoms. The number of carbonyl (C=O) groups excluding carboxylic acids is 1. The third kappa shape index (κ3) is 4.34. The Morgan fingerprint density at radius 2 is 2.06 bits per heavy atom. The molecule has 0 saturated heterocycles. The predicted octanol–water partition coefficient (Wildman–Crippen LogP) is 4.29. The van der Waals surface area contributed by atoms with E-state index in [1.807, 2.05) is 0 Å². The van der Waals surface area contributed by atoms with E-state index in [0.29, 0.717) is 12.2 Å². The summed E-state index contributed by atoms with van der Waals surface area (Å²) in [5.74, 6) is 0.649. The highest BCUT2D eigenvalue weighted by Crippen LogP contribution is 2.28. The van der Waals surface area contributed by atoms with Crippen LogP contribution in [0.25, 0.3) is 0 Å². The van der Waals surface area contributed by atoms with Crippen molar-refractivity contribution in [3.05, 3.63) is 24.3 Å². The van der Waals surface area contributed by atoms with Gasteiger partial charge in [-0.3, -0.25) is 4.79 Å². The van der Waals surface area contributed by atoms with Gasteiger partial charge in [-0.05, 0) is 31.1 Å². The van der Waals surface area contributed by atoms with Gasteiger partial charge in [0.1, 0.15) is 5.78 Å². The molecule has 0 aromatic heterocycles. The summed E-state index contributed by atoms with van der Waals surface area (Å²) in [6.07, 6.45) is 9.11. The Kier molecular flexibility index (Phi) is 4.52. The van der Waals surface area contributed by atoms with Gasteiger partial charge in [0.15, 0.2) is 0 Å². The predicted molar refractivity (Wildman–Crippen MR) is 69.3 cm³/mol. The maximum absolute atomic E-state index is 11.9. The molecule has 1 heteroatoms. The number of hydrogen-bond acceptors (Lipinski definition) is 1. The zero-order valence-electron chi connectivity index (χ0n) is 10.9. The Bertz CT molecular complexity index is 297. The lowest BCUT2D eigenvalue weighted by molar-refractivity contribution is -0.123. The average molecular weight is 220 g/mol. The minimum atomic E-state index is 0.114. The van der Waals surface area contributed by atoms with Gasteiger partial charge in [0.05, 0.1) is 0 Å². The highest BCUT2D eigenvalue weighted by atomic mass is 16.1. The van der Waals surface area contributed by atoms with Crippen LogP contribution in [0.15, 0.2) is 24.3 Å². The Hall–Kier alpha value is -0.850. The van der Waals surface area contributed by atoms with Gasteiger partial charge in [-0.15, -0.1) is 0 Å². The van der Waals surface area contributed by atoms with Gasteiger partial charge in [-0.25, -0.2) is 0 Å². The molecule has 0 saturated carbocycles. The second kappa shape index (κ2) is 5.47. The quantitative estimate of drug-likeness (QED) is 0.595. The maximum Gasteiger partial charge on any atom is 0.135 e. The van der Waals surface area contributed by atoms with Crippen LogP contribution in [0, 0.1) is 11.3 Å². The summed E-state index contributed by atoms with van der Waals surface area (Å²) in [6.45, 7) is 10.5. The molecule has 1 atom stereocenters. The van der Waals surface area contributed by atoms with Gasteiger partial charge in [0.25, 0.3) is 0 Å². The molecule has 0 aromatic carbocycles. The molecule has 0 heterocycles. The van der Waals surface area contributed by atoms with E-state index in [0.717, 1.165) is 25.7 Å². The van der Waals surface area contributed by atoms with Gasteiger partial charge in [-0.1, -0.05) is 45.1 Å². The van der Waals surface area contributed by atoms with Crippen LogP contribution in [0.4, 0.5) is 0 Å². The molecule has 1 rings (SSSR count). The van der Waals surface area contributed by atoms with Crippen molar-refractivity contribution < 1.29 is 4.79 Å². The van der Waals surface area contributed by atoms with Crippen molar-refractivity contribution in [3.63, 3.8) is 0 Å². The summed E-state index contributed by atoms with van der Waals surface area (Å²) >= 11 is 0. The molecule has 0 N–H and O–H groups in total. The van der Waals surface area contributed by atoms with Crippen LogP contribution in [0.5, 0.6) is 0 Å². The second-order valence-corrected chi connectivity index (χ2v) is 5.74. The van der Waals surface area contributed by atoms with Crippen molar-refractivity contribution >= 4 is 5.78 Å². The third-order valence-corrected chi connectivity index (χ3v) is 3.47. The molecule has 1 aliphatic carbocycles. The van der Waals surface area contributed by atoms with Crippen molar-refractivity contribution in [2.75, 3.05) is 0 Å². The fourth-order valence-electron chi connectivity index (χ4n) is 2.00. The molecule has 0 radical (unpaired) electrons. The van der Waals surface area contributed by atoms with Crippen LogP contribution in [0.3, 0.4) is 0 Å². The number of rotatable bonds is 0. The van der Waals surface area contributed by atoms with Crippen LogP contribution in [0.1, 0.15) is 52.9 Å². The van der Waals surface area contributed by atoms with Gasteiger partial charge in [0.2, 0.25) is 0 Å². The van der Waals surface area contributed by atoms with E-state index in [1.165, 1.54) is 5.57 Å². The van der Waals surface area contributed by atoms with Crippen LogP contribution in [-0.2, 0) is 4.79 Å². The van der Waals surface area contributed by atoms with Crippen molar-refractivity contribution in [2.45, 2.75) is 52.9 Å². The first kappa shape index (κ1) is 13.2. The smallest absolute Gasteiger partial charge is 0.135 e. The van der Waals surface area contributed by atoms with E-state index in [1.54, 1.807) is 0 Å². The van der Waals surface area contributed by atoms with Crippen molar-refractivity contribution in [2.24, 2.45) is 11.3 Å². The van der Waals surface area contributed by atoms with Crippen molar-refractivity contribution in [3.8, 4) is 0 Å². The third-order valence-electron chi connectivity index (χ3n) is 3.47. The average Bonchev–Trinajstić information content (AvgIpc) is 2.23. The fraction of sp³-hybridized carbons (Fsp3) is 0.667. The van der Waals surface area contributed by atoms with Gasteiger partial charge >= 0.3 is 0 Å². The van der Waals surface area contributed by atoms with Crippen molar-refractivity contribution in [1.82, 2.24) is 0 Å². The molecule has 0 amide bonds. The van der Waals surface area contributed by atoms with E-state index in [4.69, 9.17) is 0 Å². The summed E-state index contributed by atoms with van der Waals surface area (Å²) in [5, 5.41) is 0. The molecule has 1 aliphatic rings. The lowest BCUT2D eigenvalue weighted by Crippen LogP contribution is -2.15. The van der Waals surface area contributed by atoms with E-state index < -0.39 is 0 Å². The minimum absolute atomic E-state index is 0.114. The summed E-state index contributed by atoms with van der Waals surface area (Å²) < 4.78 is 0. The first-order chi connectivity index (χ1) is 7.41. The topological polar surface area (TPSA) is 17.1 Å². The van der Waals surface area contributed by atoms with Gasteiger partial charge in [0, 0.05) is 12.3 Å². The first-order valence-corrected chi connectivity index (χ1v) is 6.30. The molecular formula is C15H24O. The highest BCUT2D eigenvalue weighted by molar-refractivity contribution is 5.80. The molecule has 0 aliphatic heterocycles. The normalized spacial score (nSPS) is 27.6. The molecule has 90 valence electrons. The Morgan fingerprint density at radius 3 is 2.75 bits per heavy atom. The van der Waals surface area contributed by atoms with Crippen molar-refractivity contribution in [1.29, 1.82) is 0 Å². The summed E-state index contributed by atoms with van der Waals surface area (Å²) in [6, 6.07) is 0. The van der Waals surface area contributed by atoms with Crippen LogP contribution in [0.2, 0.25) is 0 Å². The summed E-state index contributed by atoms with van der Waals surface area (Å²) in [4.78, 5) is 11.9. The Balaban J connectivity index is 2.74. The summed E-state index contributed by atoms with van der Waals surface area (Å²) in [5.41, 5.74) is 1.30. The Morgan fingerprint density at radius 1 is 1.38 bits per heavy atom. The number of ketones is 1. The number of allylic oxidation sites excluding steroid dienone is 3. The zero-order chi connectivity index (χ0) is 12.2. The molecule has 16 heavy (non-hydrogen) atoms. The minimum Gasteiger partial charge on any atom is -0.299 e. The number of Topliss-reactive ketones (excluding diaryl/α,β-unsaturated/α-hetero) is 1. The van der Waals surface area contributed by atoms with Gasteiger partial charge in [-0.2, -0.15) is 0 Å². The van der Waals surface area contributed by atoms with E-state index in [2.05, 4.69) is 39.5 Å². The lowest BCUT2D eigenvalue weighted by Gasteiger charge is -2.20. The standard InChI is InChI=1S/C15H24O/c1-12-6-5-7-13(2)14(16)9-11-15(3,4)10-8-12/h8,10,13H,1,5-7,9,11H2,2-4H3. The Labute approximate surface area is 99.6 Å². The number of hydrogen-bond donors (Lipinski definition) is 0. The maximum atomic E-state index is 11.9. The first-order valence-electron chi connectivity index (χ1n) is 6.30. The SMILES string of the molecule is C=C1C=CC(C)(C)CCC(=O)C(C)CCC1. The second-order valence-electron chi connectivity index (χ2n) is 5.74. The molecular weight excluding hydrogens is 196 g/mol. The molecule has 0 fully saturated rings. The van der Waals surface area contributed by atoms with Gasteiger partial charge < -0.3 is 0 Å². The molecule has 0 spiro atoms. The van der Waals surface area contributed by atoms with Crippen LogP contribution >= 0.6 is 0 Å². The number of carbonyl (C=O) groups is 1. The van der Waals surface area contributed by atoms with E-state index in [-0.39, 0.29) is 11.3 Å². The molecule has 1 nitrogen and oxygen atoms in total. The highest BCUT2D eigenvalue weighted by Gasteiger charge is 2.19. The van der Waals surface area contributed by atoms with E-state index >= 15 is 0 Å². The zero-order valence-corrected chi connectivity index (χ0v) is 10.9. The largest absolute Gasteiger partial charge is 0.299 e. The molecule has 1 unspecified atom stereocenters. The van der Waals surface area contributed by atoms with Crippen LogP contribution in [-0.4, -0.2) is 5.78 Å². The summed E-state index contributed by atoms with van der Waals surface area (Å²) in [7, 11) is 0. The molecule has 0 aromatic rings.